The van der Waals surface area contributed by atoms with Gasteiger partial charge in [-0.05, 0) is 25.0 Å². The summed E-state index contributed by atoms with van der Waals surface area (Å²) in [6.07, 6.45) is 1.08. The topological polar surface area (TPSA) is 72.8 Å². The third kappa shape index (κ3) is 4.28. The number of aliphatic carboxylic acids is 1. The van der Waals surface area contributed by atoms with E-state index in [1.807, 2.05) is 6.92 Å². The van der Waals surface area contributed by atoms with Crippen LogP contribution in [0.5, 0.6) is 5.75 Å². The first kappa shape index (κ1) is 15.0. The SMILES string of the molecule is CCCCC(Oc1ccccc1C(=O)OC)C(=O)O. The minimum absolute atomic E-state index is 0.229. The van der Waals surface area contributed by atoms with Gasteiger partial charge >= 0.3 is 11.9 Å². The normalized spacial score (nSPS) is 11.7. The molecule has 0 aromatic heterocycles. The van der Waals surface area contributed by atoms with Gasteiger partial charge in [-0.15, -0.1) is 0 Å². The van der Waals surface area contributed by atoms with Crippen LogP contribution in [-0.4, -0.2) is 30.3 Å². The molecule has 0 aliphatic heterocycles. The second-order valence-electron chi connectivity index (χ2n) is 4.07. The molecule has 1 aromatic rings. The van der Waals surface area contributed by atoms with Crippen molar-refractivity contribution in [1.29, 1.82) is 0 Å². The molecule has 0 spiro atoms. The Morgan fingerprint density at radius 3 is 2.58 bits per heavy atom. The van der Waals surface area contributed by atoms with Crippen LogP contribution in [-0.2, 0) is 9.53 Å². The number of unbranched alkanes of at least 4 members (excludes halogenated alkanes) is 1. The minimum Gasteiger partial charge on any atom is -0.479 e. The molecule has 0 fully saturated rings. The maximum Gasteiger partial charge on any atom is 0.344 e. The van der Waals surface area contributed by atoms with Gasteiger partial charge in [0.15, 0.2) is 6.10 Å². The Balaban J connectivity index is 2.89. The summed E-state index contributed by atoms with van der Waals surface area (Å²) in [7, 11) is 1.27. The second-order valence-corrected chi connectivity index (χ2v) is 4.07. The molecule has 1 atom stereocenters. The molecule has 5 nitrogen and oxygen atoms in total. The van der Waals surface area contributed by atoms with E-state index in [1.54, 1.807) is 24.3 Å². The first-order valence-electron chi connectivity index (χ1n) is 6.17. The summed E-state index contributed by atoms with van der Waals surface area (Å²) in [5.41, 5.74) is 0.229. The smallest absolute Gasteiger partial charge is 0.344 e. The highest BCUT2D eigenvalue weighted by Gasteiger charge is 2.21. The van der Waals surface area contributed by atoms with Crippen LogP contribution < -0.4 is 4.74 Å². The first-order chi connectivity index (χ1) is 9.10. The minimum atomic E-state index is -1.03. The van der Waals surface area contributed by atoms with E-state index in [4.69, 9.17) is 9.84 Å². The number of hydrogen-bond donors (Lipinski definition) is 1. The van der Waals surface area contributed by atoms with Crippen molar-refractivity contribution in [1.82, 2.24) is 0 Å². The molecule has 0 aliphatic carbocycles. The molecule has 19 heavy (non-hydrogen) atoms. The number of ether oxygens (including phenoxy) is 2. The number of hydrogen-bond acceptors (Lipinski definition) is 4. The maximum atomic E-state index is 11.5. The molecule has 1 aromatic carbocycles. The molecule has 104 valence electrons. The van der Waals surface area contributed by atoms with Crippen molar-refractivity contribution in [3.63, 3.8) is 0 Å². The van der Waals surface area contributed by atoms with Crippen LogP contribution in [0, 0.1) is 0 Å². The Labute approximate surface area is 112 Å². The summed E-state index contributed by atoms with van der Waals surface area (Å²) in [5, 5.41) is 9.11. The van der Waals surface area contributed by atoms with Crippen LogP contribution in [0.1, 0.15) is 36.5 Å². The van der Waals surface area contributed by atoms with Gasteiger partial charge in [-0.25, -0.2) is 9.59 Å². The number of rotatable bonds is 7. The number of carboxylic acids is 1. The van der Waals surface area contributed by atoms with E-state index in [0.29, 0.717) is 6.42 Å². The Kier molecular flexibility index (Phi) is 5.85. The molecule has 0 saturated carbocycles. The zero-order valence-corrected chi connectivity index (χ0v) is 11.1. The van der Waals surface area contributed by atoms with Gasteiger partial charge in [0.2, 0.25) is 0 Å². The molecule has 1 unspecified atom stereocenters. The highest BCUT2D eigenvalue weighted by Crippen LogP contribution is 2.21. The highest BCUT2D eigenvalue weighted by molar-refractivity contribution is 5.92. The van der Waals surface area contributed by atoms with E-state index in [0.717, 1.165) is 12.8 Å². The fraction of sp³-hybridized carbons (Fsp3) is 0.429. The van der Waals surface area contributed by atoms with Crippen LogP contribution in [0.25, 0.3) is 0 Å². The van der Waals surface area contributed by atoms with Gasteiger partial charge in [-0.2, -0.15) is 0 Å². The largest absolute Gasteiger partial charge is 0.479 e. The Bertz CT molecular complexity index is 441. The summed E-state index contributed by atoms with van der Waals surface area (Å²) >= 11 is 0. The lowest BCUT2D eigenvalue weighted by Crippen LogP contribution is -2.27. The van der Waals surface area contributed by atoms with E-state index in [2.05, 4.69) is 4.74 Å². The van der Waals surface area contributed by atoms with Crippen LogP contribution in [0.3, 0.4) is 0 Å². The summed E-state index contributed by atoms with van der Waals surface area (Å²) < 4.78 is 10.1. The number of benzene rings is 1. The van der Waals surface area contributed by atoms with Crippen LogP contribution in [0.2, 0.25) is 0 Å². The van der Waals surface area contributed by atoms with Gasteiger partial charge < -0.3 is 14.6 Å². The molecule has 0 bridgehead atoms. The van der Waals surface area contributed by atoms with Crippen LogP contribution >= 0.6 is 0 Å². The predicted octanol–water partition coefficient (Wildman–Crippen LogP) is 2.50. The van der Waals surface area contributed by atoms with E-state index < -0.39 is 18.0 Å². The second kappa shape index (κ2) is 7.41. The first-order valence-corrected chi connectivity index (χ1v) is 6.17. The predicted molar refractivity (Wildman–Crippen MR) is 69.4 cm³/mol. The summed E-state index contributed by atoms with van der Waals surface area (Å²) in [6, 6.07) is 6.45. The fourth-order valence-electron chi connectivity index (χ4n) is 1.62. The van der Waals surface area contributed by atoms with Crippen molar-refractivity contribution in [3.8, 4) is 5.75 Å². The average molecular weight is 266 g/mol. The van der Waals surface area contributed by atoms with E-state index >= 15 is 0 Å². The van der Waals surface area contributed by atoms with Gasteiger partial charge in [0.05, 0.1) is 7.11 Å². The van der Waals surface area contributed by atoms with Crippen molar-refractivity contribution in [2.75, 3.05) is 7.11 Å². The van der Waals surface area contributed by atoms with Crippen molar-refractivity contribution in [3.05, 3.63) is 29.8 Å². The van der Waals surface area contributed by atoms with Gasteiger partial charge in [0.1, 0.15) is 11.3 Å². The van der Waals surface area contributed by atoms with Gasteiger partial charge in [-0.3, -0.25) is 0 Å². The number of carbonyl (C=O) groups excluding carboxylic acids is 1. The molecule has 1 N–H and O–H groups in total. The van der Waals surface area contributed by atoms with Gasteiger partial charge in [0, 0.05) is 0 Å². The molecule has 0 saturated heterocycles. The number of esters is 1. The Hall–Kier alpha value is -2.04. The third-order valence-electron chi connectivity index (χ3n) is 2.66. The fourth-order valence-corrected chi connectivity index (χ4v) is 1.62. The number of para-hydroxylation sites is 1. The van der Waals surface area contributed by atoms with Crippen molar-refractivity contribution < 1.29 is 24.2 Å². The zero-order chi connectivity index (χ0) is 14.3. The number of methoxy groups -OCH3 is 1. The third-order valence-corrected chi connectivity index (χ3v) is 2.66. The number of carboxylic acid groups (broad SMARTS) is 1. The van der Waals surface area contributed by atoms with Crippen LogP contribution in [0.15, 0.2) is 24.3 Å². The molecular weight excluding hydrogens is 248 g/mol. The molecule has 5 heteroatoms. The lowest BCUT2D eigenvalue weighted by molar-refractivity contribution is -0.145. The van der Waals surface area contributed by atoms with Crippen molar-refractivity contribution >= 4 is 11.9 Å². The van der Waals surface area contributed by atoms with Crippen LogP contribution in [0.4, 0.5) is 0 Å². The molecule has 0 aliphatic rings. The zero-order valence-electron chi connectivity index (χ0n) is 11.1. The number of carbonyl (C=O) groups is 2. The Morgan fingerprint density at radius 1 is 1.32 bits per heavy atom. The van der Waals surface area contributed by atoms with Gasteiger partial charge in [0.25, 0.3) is 0 Å². The van der Waals surface area contributed by atoms with E-state index in [9.17, 15) is 9.59 Å². The summed E-state index contributed by atoms with van der Waals surface area (Å²) in [6.45, 7) is 1.97. The van der Waals surface area contributed by atoms with Gasteiger partial charge in [-0.1, -0.05) is 25.5 Å². The van der Waals surface area contributed by atoms with Crippen molar-refractivity contribution in [2.45, 2.75) is 32.3 Å². The molecular formula is C14H18O5. The lowest BCUT2D eigenvalue weighted by Gasteiger charge is -2.16. The van der Waals surface area contributed by atoms with E-state index in [1.165, 1.54) is 7.11 Å². The Morgan fingerprint density at radius 2 is 2.00 bits per heavy atom. The molecule has 0 radical (unpaired) electrons. The van der Waals surface area contributed by atoms with E-state index in [-0.39, 0.29) is 11.3 Å². The highest BCUT2D eigenvalue weighted by atomic mass is 16.5. The maximum absolute atomic E-state index is 11.5. The summed E-state index contributed by atoms with van der Waals surface area (Å²) in [4.78, 5) is 22.7. The lowest BCUT2D eigenvalue weighted by atomic mass is 10.1. The molecule has 1 rings (SSSR count). The molecule has 0 heterocycles. The van der Waals surface area contributed by atoms with Crippen molar-refractivity contribution in [2.24, 2.45) is 0 Å². The monoisotopic (exact) mass is 266 g/mol. The standard InChI is InChI=1S/C14H18O5/c1-3-4-8-12(13(15)16)19-11-9-6-5-7-10(11)14(17)18-2/h5-7,9,12H,3-4,8H2,1-2H3,(H,15,16). The average Bonchev–Trinajstić information content (AvgIpc) is 2.42. The molecule has 0 amide bonds. The summed E-state index contributed by atoms with van der Waals surface area (Å²) in [5.74, 6) is -1.35. The quantitative estimate of drug-likeness (QED) is 0.767.